The lowest BCUT2D eigenvalue weighted by Crippen LogP contribution is -2.32. The fraction of sp³-hybridized carbons (Fsp3) is 0.250. The maximum absolute atomic E-state index is 12.1. The van der Waals surface area contributed by atoms with E-state index in [1.807, 2.05) is 6.07 Å². The Bertz CT molecular complexity index is 725. The summed E-state index contributed by atoms with van der Waals surface area (Å²) >= 11 is 3.29. The van der Waals surface area contributed by atoms with Gasteiger partial charge in [-0.1, -0.05) is 15.9 Å². The molecule has 1 aromatic heterocycles. The van der Waals surface area contributed by atoms with Crippen LogP contribution in [0.1, 0.15) is 23.7 Å². The second-order valence-corrected chi connectivity index (χ2v) is 5.11. The highest BCUT2D eigenvalue weighted by Gasteiger charge is 2.15. The molecule has 0 aliphatic heterocycles. The number of carbonyl (C=O) groups excluding carboxylic acids is 1. The van der Waals surface area contributed by atoms with Gasteiger partial charge in [-0.25, -0.2) is 4.79 Å². The molecule has 0 unspecified atom stereocenters. The highest BCUT2D eigenvalue weighted by molar-refractivity contribution is 9.10. The average molecular weight is 323 g/mol. The van der Waals surface area contributed by atoms with Gasteiger partial charge in [0.05, 0.1) is 29.1 Å². The van der Waals surface area contributed by atoms with Crippen LogP contribution in [0.15, 0.2) is 21.4 Å². The van der Waals surface area contributed by atoms with E-state index in [9.17, 15) is 9.59 Å². The highest BCUT2D eigenvalue weighted by Crippen LogP contribution is 2.20. The molecular formula is C12H11BrN4O2. The van der Waals surface area contributed by atoms with Crippen LogP contribution < -0.4 is 11.0 Å². The number of hydrogen-bond donors (Lipinski definition) is 3. The van der Waals surface area contributed by atoms with Gasteiger partial charge in [-0.05, 0) is 19.1 Å². The Hall–Kier alpha value is -2.07. The number of benzene rings is 1. The first-order valence-electron chi connectivity index (χ1n) is 5.60. The van der Waals surface area contributed by atoms with Crippen LogP contribution in [0.2, 0.25) is 0 Å². The van der Waals surface area contributed by atoms with E-state index in [4.69, 9.17) is 5.26 Å². The van der Waals surface area contributed by atoms with Crippen LogP contribution >= 0.6 is 15.9 Å². The summed E-state index contributed by atoms with van der Waals surface area (Å²) in [5.41, 5.74) is 0.993. The van der Waals surface area contributed by atoms with Crippen molar-refractivity contribution in [1.29, 1.82) is 5.26 Å². The van der Waals surface area contributed by atoms with Crippen LogP contribution in [0.5, 0.6) is 0 Å². The summed E-state index contributed by atoms with van der Waals surface area (Å²) in [5.74, 6) is -0.329. The predicted octanol–water partition coefficient (Wildman–Crippen LogP) is 1.65. The molecular weight excluding hydrogens is 312 g/mol. The lowest BCUT2D eigenvalue weighted by atomic mass is 10.1. The van der Waals surface area contributed by atoms with Crippen molar-refractivity contribution in [3.63, 3.8) is 0 Å². The molecule has 0 saturated carbocycles. The third-order valence-electron chi connectivity index (χ3n) is 2.61. The molecule has 1 amide bonds. The number of nitrogens with one attached hydrogen (secondary N) is 3. The molecule has 0 radical (unpaired) electrons. The molecule has 98 valence electrons. The van der Waals surface area contributed by atoms with Crippen molar-refractivity contribution in [3.05, 3.63) is 32.7 Å². The average Bonchev–Trinajstić information content (AvgIpc) is 2.68. The monoisotopic (exact) mass is 322 g/mol. The van der Waals surface area contributed by atoms with Crippen LogP contribution in [0.25, 0.3) is 11.0 Å². The number of hydrogen-bond acceptors (Lipinski definition) is 3. The van der Waals surface area contributed by atoms with Crippen LogP contribution in [0, 0.1) is 11.3 Å². The predicted molar refractivity (Wildman–Crippen MR) is 73.8 cm³/mol. The number of rotatable bonds is 3. The van der Waals surface area contributed by atoms with E-state index in [1.165, 1.54) is 0 Å². The van der Waals surface area contributed by atoms with Gasteiger partial charge in [0.25, 0.3) is 5.91 Å². The zero-order valence-electron chi connectivity index (χ0n) is 10.1. The SMILES string of the molecule is C[C@@H](CC#N)NC(=O)c1cc(Br)cc2[nH]c(=O)[nH]c12. The maximum atomic E-state index is 12.1. The zero-order valence-corrected chi connectivity index (χ0v) is 11.7. The van der Waals surface area contributed by atoms with E-state index >= 15 is 0 Å². The van der Waals surface area contributed by atoms with Gasteiger partial charge in [-0.3, -0.25) is 4.79 Å². The zero-order chi connectivity index (χ0) is 14.0. The first kappa shape index (κ1) is 13.4. The van der Waals surface area contributed by atoms with E-state index in [-0.39, 0.29) is 24.1 Å². The first-order chi connectivity index (χ1) is 9.01. The number of H-pyrrole nitrogens is 2. The minimum absolute atomic E-state index is 0.229. The van der Waals surface area contributed by atoms with Crippen molar-refractivity contribution in [2.75, 3.05) is 0 Å². The summed E-state index contributed by atoms with van der Waals surface area (Å²) in [6.45, 7) is 1.75. The second kappa shape index (κ2) is 5.28. The standard InChI is InChI=1S/C12H11BrN4O2/c1-6(2-3-14)15-11(18)8-4-7(13)5-9-10(8)17-12(19)16-9/h4-6H,2H2,1H3,(H,15,18)(H2,16,17,19)/t6-/m0/s1. The molecule has 1 atom stereocenters. The van der Waals surface area contributed by atoms with Crippen molar-refractivity contribution in [3.8, 4) is 6.07 Å². The molecule has 0 saturated heterocycles. The molecule has 0 bridgehead atoms. The summed E-state index contributed by atoms with van der Waals surface area (Å²) < 4.78 is 0.688. The quantitative estimate of drug-likeness (QED) is 0.800. The molecule has 0 fully saturated rings. The van der Waals surface area contributed by atoms with E-state index in [0.717, 1.165) is 0 Å². The topological polar surface area (TPSA) is 102 Å². The van der Waals surface area contributed by atoms with Gasteiger partial charge in [0.15, 0.2) is 0 Å². The third kappa shape index (κ3) is 2.85. The summed E-state index contributed by atoms with van der Waals surface area (Å²) in [6, 6.07) is 5.07. The van der Waals surface area contributed by atoms with Crippen molar-refractivity contribution in [1.82, 2.24) is 15.3 Å². The maximum Gasteiger partial charge on any atom is 0.323 e. The van der Waals surface area contributed by atoms with Gasteiger partial charge in [0.1, 0.15) is 0 Å². The van der Waals surface area contributed by atoms with Crippen molar-refractivity contribution in [2.45, 2.75) is 19.4 Å². The molecule has 0 aliphatic rings. The minimum atomic E-state index is -0.368. The largest absolute Gasteiger partial charge is 0.348 e. The molecule has 0 aliphatic carbocycles. The van der Waals surface area contributed by atoms with E-state index in [1.54, 1.807) is 19.1 Å². The Labute approximate surface area is 116 Å². The van der Waals surface area contributed by atoms with E-state index < -0.39 is 0 Å². The second-order valence-electron chi connectivity index (χ2n) is 4.19. The fourth-order valence-electron chi connectivity index (χ4n) is 1.78. The molecule has 2 aromatic rings. The number of nitrogens with zero attached hydrogens (tertiary/aromatic N) is 1. The van der Waals surface area contributed by atoms with E-state index in [0.29, 0.717) is 21.1 Å². The van der Waals surface area contributed by atoms with Gasteiger partial charge in [0, 0.05) is 10.5 Å². The van der Waals surface area contributed by atoms with Crippen LogP contribution in [-0.2, 0) is 0 Å². The van der Waals surface area contributed by atoms with Crippen LogP contribution in [0.3, 0.4) is 0 Å². The van der Waals surface area contributed by atoms with Gasteiger partial charge < -0.3 is 15.3 Å². The molecule has 7 heteroatoms. The smallest absolute Gasteiger partial charge is 0.323 e. The number of aromatic nitrogens is 2. The molecule has 19 heavy (non-hydrogen) atoms. The summed E-state index contributed by atoms with van der Waals surface area (Å²) in [6.07, 6.45) is 0.229. The first-order valence-corrected chi connectivity index (χ1v) is 6.40. The number of fused-ring (bicyclic) bond motifs is 1. The van der Waals surface area contributed by atoms with Crippen LogP contribution in [0.4, 0.5) is 0 Å². The summed E-state index contributed by atoms with van der Waals surface area (Å²) in [5, 5.41) is 11.3. The summed E-state index contributed by atoms with van der Waals surface area (Å²) in [7, 11) is 0. The fourth-order valence-corrected chi connectivity index (χ4v) is 2.23. The van der Waals surface area contributed by atoms with Gasteiger partial charge in [-0.15, -0.1) is 0 Å². The number of aromatic amines is 2. The molecule has 0 spiro atoms. The molecule has 1 aromatic carbocycles. The van der Waals surface area contributed by atoms with Crippen molar-refractivity contribution >= 4 is 32.9 Å². The Balaban J connectivity index is 2.41. The highest BCUT2D eigenvalue weighted by atomic mass is 79.9. The normalized spacial score (nSPS) is 12.1. The van der Waals surface area contributed by atoms with E-state index in [2.05, 4.69) is 31.2 Å². The van der Waals surface area contributed by atoms with Gasteiger partial charge >= 0.3 is 5.69 Å². The summed E-state index contributed by atoms with van der Waals surface area (Å²) in [4.78, 5) is 28.6. The Morgan fingerprint density at radius 3 is 2.95 bits per heavy atom. The Morgan fingerprint density at radius 2 is 2.26 bits per heavy atom. The number of amides is 1. The molecule has 3 N–H and O–H groups in total. The van der Waals surface area contributed by atoms with Crippen molar-refractivity contribution < 1.29 is 4.79 Å². The molecule has 6 nitrogen and oxygen atoms in total. The lowest BCUT2D eigenvalue weighted by Gasteiger charge is -2.11. The number of imidazole rings is 1. The Morgan fingerprint density at radius 1 is 1.53 bits per heavy atom. The van der Waals surface area contributed by atoms with Crippen molar-refractivity contribution in [2.24, 2.45) is 0 Å². The minimum Gasteiger partial charge on any atom is -0.348 e. The number of nitriles is 1. The van der Waals surface area contributed by atoms with Gasteiger partial charge in [0.2, 0.25) is 0 Å². The van der Waals surface area contributed by atoms with Gasteiger partial charge in [-0.2, -0.15) is 5.26 Å². The molecule has 1 heterocycles. The lowest BCUT2D eigenvalue weighted by molar-refractivity contribution is 0.0942. The molecule has 2 rings (SSSR count). The number of halogens is 1. The number of carbonyl (C=O) groups is 1. The van der Waals surface area contributed by atoms with Crippen LogP contribution in [-0.4, -0.2) is 21.9 Å². The Kier molecular flexibility index (Phi) is 3.71. The third-order valence-corrected chi connectivity index (χ3v) is 3.07.